The van der Waals surface area contributed by atoms with Gasteiger partial charge in [-0.2, -0.15) is 0 Å². The summed E-state index contributed by atoms with van der Waals surface area (Å²) in [5.41, 5.74) is -0.240. The Morgan fingerprint density at radius 3 is 2.44 bits per heavy atom. The molecule has 9 heavy (non-hydrogen) atoms. The van der Waals surface area contributed by atoms with E-state index in [0.29, 0.717) is 0 Å². The van der Waals surface area contributed by atoms with Crippen LogP contribution in [0.25, 0.3) is 0 Å². The fraction of sp³-hybridized carbons (Fsp3) is 1.00. The number of quaternary nitrogens is 1. The number of hydrogen-bond acceptors (Lipinski definition) is 1. The zero-order chi connectivity index (χ0) is 7.99. The minimum Gasteiger partial charge on any atom is -0.634 e. The summed E-state index contributed by atoms with van der Waals surface area (Å²) < 4.78 is 7.60. The van der Waals surface area contributed by atoms with Crippen LogP contribution in [0.4, 0.5) is 0 Å². The fourth-order valence-corrected chi connectivity index (χ4v) is 1.30. The minimum atomic E-state index is -0.802. The average molecular weight is 130 g/mol. The van der Waals surface area contributed by atoms with Crippen LogP contribution in [-0.4, -0.2) is 11.6 Å². The molecule has 1 aliphatic rings. The van der Waals surface area contributed by atoms with Gasteiger partial charge in [0.15, 0.2) is 0 Å². The van der Waals surface area contributed by atoms with Gasteiger partial charge < -0.3 is 10.3 Å². The third-order valence-electron chi connectivity index (χ3n) is 2.13. The molecule has 1 saturated heterocycles. The molecule has 1 N–H and O–H groups in total. The Kier molecular flexibility index (Phi) is 1.24. The van der Waals surface area contributed by atoms with Crippen LogP contribution < -0.4 is 5.06 Å². The Morgan fingerprint density at radius 1 is 1.78 bits per heavy atom. The maximum Gasteiger partial charge on any atom is 0.0961 e. The van der Waals surface area contributed by atoms with E-state index in [1.807, 2.05) is 13.8 Å². The molecule has 0 bridgehead atoms. The maximum absolute atomic E-state index is 11.4. The molecule has 2 unspecified atom stereocenters. The van der Waals surface area contributed by atoms with Gasteiger partial charge in [0.05, 0.1) is 12.9 Å². The topological polar surface area (TPSA) is 27.5 Å². The smallest absolute Gasteiger partial charge is 0.0961 e. The van der Waals surface area contributed by atoms with E-state index in [4.69, 9.17) is 1.37 Å². The van der Waals surface area contributed by atoms with Crippen molar-refractivity contribution in [2.45, 2.75) is 45.2 Å². The number of hydrogen-bond donors (Lipinski definition) is 1. The lowest BCUT2D eigenvalue weighted by Gasteiger charge is -2.34. The van der Waals surface area contributed by atoms with Crippen molar-refractivity contribution in [3.8, 4) is 0 Å². The van der Waals surface area contributed by atoms with Crippen LogP contribution in [0, 0.1) is 5.21 Å². The highest BCUT2D eigenvalue weighted by molar-refractivity contribution is 4.75. The first-order valence-corrected chi connectivity index (χ1v) is 3.41. The van der Waals surface area contributed by atoms with E-state index in [0.717, 1.165) is 12.8 Å². The van der Waals surface area contributed by atoms with Crippen molar-refractivity contribution in [1.82, 2.24) is 0 Å². The van der Waals surface area contributed by atoms with Crippen molar-refractivity contribution < 1.29 is 6.43 Å². The first-order chi connectivity index (χ1) is 4.36. The Labute approximate surface area is 57.8 Å². The molecular weight excluding hydrogens is 114 g/mol. The molecule has 0 saturated carbocycles. The number of hydroxylamine groups is 2. The van der Waals surface area contributed by atoms with E-state index >= 15 is 0 Å². The van der Waals surface area contributed by atoms with E-state index in [2.05, 4.69) is 0 Å². The summed E-state index contributed by atoms with van der Waals surface area (Å²) in [7, 11) is 0. The van der Waals surface area contributed by atoms with Crippen LogP contribution in [0.5, 0.6) is 0 Å². The van der Waals surface area contributed by atoms with Crippen LogP contribution in [-0.2, 0) is 0 Å². The van der Waals surface area contributed by atoms with Crippen molar-refractivity contribution >= 4 is 0 Å². The molecule has 2 nitrogen and oxygen atoms in total. The molecule has 0 spiro atoms. The molecule has 1 fully saturated rings. The lowest BCUT2D eigenvalue weighted by Crippen LogP contribution is -3.15. The molecule has 1 aliphatic heterocycles. The van der Waals surface area contributed by atoms with Crippen molar-refractivity contribution in [3.63, 3.8) is 0 Å². The third-order valence-corrected chi connectivity index (χ3v) is 2.13. The second-order valence-corrected chi connectivity index (χ2v) is 3.49. The highest BCUT2D eigenvalue weighted by atomic mass is 16.5. The first-order valence-electron chi connectivity index (χ1n) is 3.91. The van der Waals surface area contributed by atoms with Gasteiger partial charge in [0.25, 0.3) is 0 Å². The lowest BCUT2D eigenvalue weighted by molar-refractivity contribution is -0.908. The van der Waals surface area contributed by atoms with Gasteiger partial charge in [-0.3, -0.25) is 0 Å². The lowest BCUT2D eigenvalue weighted by atomic mass is 10.0. The van der Waals surface area contributed by atoms with Crippen LogP contribution in [0.15, 0.2) is 0 Å². The van der Waals surface area contributed by atoms with E-state index < -0.39 is 6.02 Å². The SMILES string of the molecule is [2H]C1(C)CCC(C)(C)[NH+]1[O-]. The Bertz CT molecular complexity index is 129. The standard InChI is InChI=1S/C7H15NO/c1-6-4-5-7(2,3)8(6)9/h6,8H,4-5H2,1-3H3/i6D. The minimum absolute atomic E-state index is 0.0972. The molecule has 2 heteroatoms. The largest absolute Gasteiger partial charge is 0.634 e. The average Bonchev–Trinajstić information content (AvgIpc) is 1.95. The normalized spacial score (nSPS) is 51.1. The molecule has 0 aromatic carbocycles. The van der Waals surface area contributed by atoms with Gasteiger partial charge in [-0.25, -0.2) is 0 Å². The fourth-order valence-electron chi connectivity index (χ4n) is 1.30. The Hall–Kier alpha value is -0.0800. The summed E-state index contributed by atoms with van der Waals surface area (Å²) in [5.74, 6) is 0. The van der Waals surface area contributed by atoms with Crippen LogP contribution in [0.2, 0.25) is 0 Å². The molecule has 1 heterocycles. The molecule has 2 atom stereocenters. The predicted molar refractivity (Wildman–Crippen MR) is 37.1 cm³/mol. The summed E-state index contributed by atoms with van der Waals surface area (Å²) in [5, 5.41) is 11.5. The summed E-state index contributed by atoms with van der Waals surface area (Å²) in [6, 6.07) is -0.802. The molecule has 0 aromatic heterocycles. The van der Waals surface area contributed by atoms with Gasteiger partial charge >= 0.3 is 0 Å². The van der Waals surface area contributed by atoms with Gasteiger partial charge in [-0.05, 0) is 20.8 Å². The zero-order valence-corrected chi connectivity index (χ0v) is 6.32. The summed E-state index contributed by atoms with van der Waals surface area (Å²) in [6.07, 6.45) is 1.59. The second-order valence-electron chi connectivity index (χ2n) is 3.49. The zero-order valence-electron chi connectivity index (χ0n) is 7.32. The third kappa shape index (κ3) is 1.10. The Morgan fingerprint density at radius 2 is 2.33 bits per heavy atom. The van der Waals surface area contributed by atoms with Crippen molar-refractivity contribution in [3.05, 3.63) is 5.21 Å². The highest BCUT2D eigenvalue weighted by Gasteiger charge is 2.35. The maximum atomic E-state index is 11.4. The van der Waals surface area contributed by atoms with Crippen molar-refractivity contribution in [1.29, 1.82) is 0 Å². The predicted octanol–water partition coefficient (Wildman–Crippen LogP) is 0.330. The van der Waals surface area contributed by atoms with Gasteiger partial charge in [-0.1, -0.05) is 0 Å². The first kappa shape index (κ1) is 5.69. The summed E-state index contributed by atoms with van der Waals surface area (Å²) >= 11 is 0. The second kappa shape index (κ2) is 1.96. The molecule has 0 radical (unpaired) electrons. The Balaban J connectivity index is 2.77. The van der Waals surface area contributed by atoms with Gasteiger partial charge in [0, 0.05) is 12.8 Å². The van der Waals surface area contributed by atoms with E-state index in [-0.39, 0.29) is 10.6 Å². The van der Waals surface area contributed by atoms with E-state index in [1.54, 1.807) is 6.92 Å². The van der Waals surface area contributed by atoms with E-state index in [1.165, 1.54) is 0 Å². The number of rotatable bonds is 0. The number of nitrogens with one attached hydrogen (secondary N) is 1. The molecule has 0 aliphatic carbocycles. The molecule has 0 amide bonds. The van der Waals surface area contributed by atoms with Crippen LogP contribution in [0.1, 0.15) is 35.0 Å². The van der Waals surface area contributed by atoms with Gasteiger partial charge in [0.2, 0.25) is 0 Å². The molecule has 1 rings (SSSR count). The van der Waals surface area contributed by atoms with Gasteiger partial charge in [0.1, 0.15) is 0 Å². The molecular formula is C7H15NO. The van der Waals surface area contributed by atoms with Crippen molar-refractivity contribution in [2.24, 2.45) is 0 Å². The van der Waals surface area contributed by atoms with Crippen LogP contribution in [0.3, 0.4) is 0 Å². The monoisotopic (exact) mass is 130 g/mol. The molecule has 54 valence electrons. The van der Waals surface area contributed by atoms with E-state index in [9.17, 15) is 5.21 Å². The van der Waals surface area contributed by atoms with Gasteiger partial charge in [-0.15, -0.1) is 0 Å². The highest BCUT2D eigenvalue weighted by Crippen LogP contribution is 2.15. The summed E-state index contributed by atoms with van der Waals surface area (Å²) in [4.78, 5) is 0. The van der Waals surface area contributed by atoms with Crippen LogP contribution >= 0.6 is 0 Å². The molecule has 0 aromatic rings. The quantitative estimate of drug-likeness (QED) is 0.470. The van der Waals surface area contributed by atoms with Crippen molar-refractivity contribution in [2.75, 3.05) is 0 Å². The summed E-state index contributed by atoms with van der Waals surface area (Å²) in [6.45, 7) is 5.56.